The average Bonchev–Trinajstić information content (AvgIpc) is 3.65. The van der Waals surface area contributed by atoms with E-state index in [1.165, 1.54) is 42.5 Å². The molecule has 2 aliphatic carbocycles. The maximum absolute atomic E-state index is 14.4. The van der Waals surface area contributed by atoms with Crippen molar-refractivity contribution in [2.24, 2.45) is 5.92 Å². The fraction of sp³-hybridized carbons (Fsp3) is 0.393. The summed E-state index contributed by atoms with van der Waals surface area (Å²) < 4.78 is 20.3. The van der Waals surface area contributed by atoms with E-state index in [9.17, 15) is 14.0 Å². The lowest BCUT2D eigenvalue weighted by Crippen LogP contribution is -2.44. The number of halogens is 2. The number of carbonyl (C=O) groups excluding carboxylic acids is 1. The minimum absolute atomic E-state index is 0.0200. The van der Waals surface area contributed by atoms with Gasteiger partial charge in [0.2, 0.25) is 5.91 Å². The zero-order valence-electron chi connectivity index (χ0n) is 20.4. The number of anilines is 1. The van der Waals surface area contributed by atoms with E-state index >= 15 is 0 Å². The quantitative estimate of drug-likeness (QED) is 0.428. The van der Waals surface area contributed by atoms with Crippen LogP contribution in [0.4, 0.5) is 10.2 Å². The Labute approximate surface area is 220 Å². The van der Waals surface area contributed by atoms with Crippen LogP contribution in [0, 0.1) is 11.7 Å². The monoisotopic (exact) mass is 525 g/mol. The van der Waals surface area contributed by atoms with E-state index < -0.39 is 17.8 Å². The first-order valence-electron chi connectivity index (χ1n) is 12.7. The fourth-order valence-electron chi connectivity index (χ4n) is 5.13. The zero-order valence-corrected chi connectivity index (χ0v) is 21.1. The molecule has 1 atom stereocenters. The molecular weight excluding hydrogens is 497 g/mol. The second kappa shape index (κ2) is 10.9. The molecule has 0 spiro atoms. The number of ether oxygens (including phenoxy) is 1. The number of nitrogens with zero attached hydrogens (tertiary/aromatic N) is 2. The van der Waals surface area contributed by atoms with Crippen molar-refractivity contribution in [3.63, 3.8) is 0 Å². The fourth-order valence-corrected chi connectivity index (χ4v) is 5.33. The molecule has 2 aromatic rings. The van der Waals surface area contributed by atoms with Crippen molar-refractivity contribution < 1.29 is 23.8 Å². The number of pyridine rings is 1. The molecule has 2 fully saturated rings. The predicted octanol–water partition coefficient (Wildman–Crippen LogP) is 6.18. The standard InChI is InChI=1S/C28H29ClFN3O4/c29-21-7-4-8-22(30)26(21)37-20-14-23(18-9-10-18)33(16-20)24(13-17-5-2-1-3-6-17)27(34)32-25-12-11-19(15-31-25)28(35)36/h4,7-8,11-12,14-15,17,24H,1-3,5-6,9-10,13,16H2,(H,35,36)(H,31,32,34)/t24-/m0/s1. The molecule has 9 heteroatoms. The third-order valence-electron chi connectivity index (χ3n) is 7.17. The average molecular weight is 526 g/mol. The number of para-hydroxylation sites is 1. The second-order valence-corrected chi connectivity index (χ2v) is 10.3. The first-order valence-corrected chi connectivity index (χ1v) is 13.1. The Kier molecular flexibility index (Phi) is 7.46. The molecule has 0 bridgehead atoms. The highest BCUT2D eigenvalue weighted by molar-refractivity contribution is 6.32. The number of amides is 1. The molecule has 1 aromatic carbocycles. The zero-order chi connectivity index (χ0) is 25.9. The number of carboxylic acids is 1. The van der Waals surface area contributed by atoms with Gasteiger partial charge in [-0.1, -0.05) is 49.8 Å². The van der Waals surface area contributed by atoms with Gasteiger partial charge < -0.3 is 20.1 Å². The van der Waals surface area contributed by atoms with E-state index in [0.29, 0.717) is 30.5 Å². The van der Waals surface area contributed by atoms with Crippen molar-refractivity contribution in [2.75, 3.05) is 11.9 Å². The van der Waals surface area contributed by atoms with Crippen molar-refractivity contribution in [1.29, 1.82) is 0 Å². The molecule has 37 heavy (non-hydrogen) atoms. The van der Waals surface area contributed by atoms with Crippen LogP contribution in [0.1, 0.15) is 61.7 Å². The molecule has 0 unspecified atom stereocenters. The second-order valence-electron chi connectivity index (χ2n) is 9.86. The highest BCUT2D eigenvalue weighted by Gasteiger charge is 2.37. The summed E-state index contributed by atoms with van der Waals surface area (Å²) >= 11 is 6.19. The smallest absolute Gasteiger partial charge is 0.337 e. The van der Waals surface area contributed by atoms with Crippen molar-refractivity contribution in [1.82, 2.24) is 9.88 Å². The summed E-state index contributed by atoms with van der Waals surface area (Å²) in [5, 5.41) is 12.2. The Hall–Kier alpha value is -3.39. The number of carboxylic acid groups (broad SMARTS) is 1. The van der Waals surface area contributed by atoms with Crippen molar-refractivity contribution in [3.8, 4) is 5.75 Å². The Morgan fingerprint density at radius 1 is 1.19 bits per heavy atom. The molecule has 0 saturated heterocycles. The molecule has 3 aliphatic rings. The third kappa shape index (κ3) is 5.96. The van der Waals surface area contributed by atoms with Gasteiger partial charge in [0.15, 0.2) is 11.6 Å². The molecule has 1 aliphatic heterocycles. The third-order valence-corrected chi connectivity index (χ3v) is 7.47. The lowest BCUT2D eigenvalue weighted by molar-refractivity contribution is -0.121. The maximum Gasteiger partial charge on any atom is 0.337 e. The van der Waals surface area contributed by atoms with E-state index in [2.05, 4.69) is 15.2 Å². The van der Waals surface area contributed by atoms with Crippen LogP contribution in [0.3, 0.4) is 0 Å². The summed E-state index contributed by atoms with van der Waals surface area (Å²) in [5.74, 6) is -0.597. The first-order chi connectivity index (χ1) is 17.9. The van der Waals surface area contributed by atoms with Crippen LogP contribution >= 0.6 is 11.6 Å². The van der Waals surface area contributed by atoms with E-state index in [-0.39, 0.29) is 22.2 Å². The van der Waals surface area contributed by atoms with Gasteiger partial charge in [-0.3, -0.25) is 4.79 Å². The van der Waals surface area contributed by atoms with Crippen LogP contribution in [0.25, 0.3) is 0 Å². The van der Waals surface area contributed by atoms with E-state index in [1.54, 1.807) is 6.07 Å². The van der Waals surface area contributed by atoms with E-state index in [4.69, 9.17) is 21.4 Å². The van der Waals surface area contributed by atoms with Crippen molar-refractivity contribution in [2.45, 2.75) is 57.4 Å². The van der Waals surface area contributed by atoms with Gasteiger partial charge in [0.05, 0.1) is 17.1 Å². The van der Waals surface area contributed by atoms with Crippen LogP contribution in [-0.2, 0) is 4.79 Å². The minimum Gasteiger partial charge on any atom is -0.478 e. The van der Waals surface area contributed by atoms with Crippen LogP contribution in [-0.4, -0.2) is 39.5 Å². The molecule has 194 valence electrons. The molecular formula is C28H29ClFN3O4. The Morgan fingerprint density at radius 3 is 2.62 bits per heavy atom. The first kappa shape index (κ1) is 25.3. The number of benzene rings is 1. The van der Waals surface area contributed by atoms with Gasteiger partial charge in [-0.2, -0.15) is 0 Å². The van der Waals surface area contributed by atoms with Gasteiger partial charge in [-0.25, -0.2) is 14.2 Å². The molecule has 1 amide bonds. The van der Waals surface area contributed by atoms with Gasteiger partial charge in [0, 0.05) is 18.0 Å². The van der Waals surface area contributed by atoms with Gasteiger partial charge in [-0.15, -0.1) is 0 Å². The number of aromatic nitrogens is 1. The molecule has 0 radical (unpaired) electrons. The lowest BCUT2D eigenvalue weighted by Gasteiger charge is -2.34. The molecule has 2 heterocycles. The lowest BCUT2D eigenvalue weighted by atomic mass is 9.84. The van der Waals surface area contributed by atoms with Crippen LogP contribution < -0.4 is 10.1 Å². The van der Waals surface area contributed by atoms with Gasteiger partial charge in [-0.05, 0) is 55.0 Å². The van der Waals surface area contributed by atoms with Crippen LogP contribution in [0.2, 0.25) is 5.02 Å². The molecule has 2 saturated carbocycles. The number of nitrogens with one attached hydrogen (secondary N) is 1. The molecule has 7 nitrogen and oxygen atoms in total. The maximum atomic E-state index is 14.4. The number of aromatic carboxylic acids is 1. The summed E-state index contributed by atoms with van der Waals surface area (Å²) in [6.07, 6.45) is 11.4. The Balaban J connectivity index is 1.39. The normalized spacial score (nSPS) is 18.4. The molecule has 1 aromatic heterocycles. The number of carbonyl (C=O) groups is 2. The van der Waals surface area contributed by atoms with Gasteiger partial charge >= 0.3 is 5.97 Å². The van der Waals surface area contributed by atoms with Crippen molar-refractivity contribution >= 4 is 29.3 Å². The van der Waals surface area contributed by atoms with Crippen LogP contribution in [0.15, 0.2) is 59.6 Å². The Bertz CT molecular complexity index is 1230. The number of hydrogen-bond donors (Lipinski definition) is 2. The number of hydrogen-bond acceptors (Lipinski definition) is 5. The van der Waals surface area contributed by atoms with E-state index in [1.807, 2.05) is 6.08 Å². The topological polar surface area (TPSA) is 91.8 Å². The number of allylic oxidation sites excluding steroid dienone is 2. The molecule has 2 N–H and O–H groups in total. The Morgan fingerprint density at radius 2 is 1.97 bits per heavy atom. The molecule has 5 rings (SSSR count). The summed E-state index contributed by atoms with van der Waals surface area (Å²) in [5.41, 5.74) is 2.24. The summed E-state index contributed by atoms with van der Waals surface area (Å²) in [6.45, 7) is 0.319. The van der Waals surface area contributed by atoms with E-state index in [0.717, 1.165) is 44.2 Å². The summed E-state index contributed by atoms with van der Waals surface area (Å²) in [6, 6.07) is 6.84. The van der Waals surface area contributed by atoms with Gasteiger partial charge in [0.25, 0.3) is 0 Å². The highest BCUT2D eigenvalue weighted by atomic mass is 35.5. The minimum atomic E-state index is -1.08. The SMILES string of the molecule is O=C(O)c1ccc(NC(=O)[C@H](CC2CCCCC2)N2CC(Oc3c(F)cccc3Cl)=CC2=C2CC2)nc1. The van der Waals surface area contributed by atoms with Gasteiger partial charge in [0.1, 0.15) is 17.6 Å². The largest absolute Gasteiger partial charge is 0.478 e. The summed E-state index contributed by atoms with van der Waals surface area (Å²) in [7, 11) is 0. The predicted molar refractivity (Wildman–Crippen MR) is 138 cm³/mol. The van der Waals surface area contributed by atoms with Crippen molar-refractivity contribution in [3.05, 3.63) is 76.0 Å². The number of rotatable bonds is 8. The summed E-state index contributed by atoms with van der Waals surface area (Å²) in [4.78, 5) is 31.0. The van der Waals surface area contributed by atoms with Crippen LogP contribution in [0.5, 0.6) is 5.75 Å². The highest BCUT2D eigenvalue weighted by Crippen LogP contribution is 2.41.